The van der Waals surface area contributed by atoms with E-state index in [4.69, 9.17) is 10.5 Å². The van der Waals surface area contributed by atoms with Crippen LogP contribution in [0.2, 0.25) is 0 Å². The third-order valence-corrected chi connectivity index (χ3v) is 3.91. The zero-order valence-corrected chi connectivity index (χ0v) is 14.3. The number of para-hydroxylation sites is 2. The Kier molecular flexibility index (Phi) is 5.08. The third-order valence-electron chi connectivity index (χ3n) is 2.66. The number of carbonyl (C=O) groups excluding carboxylic acids is 1. The molecule has 0 spiro atoms. The molecule has 4 N–H and O–H groups in total. The summed E-state index contributed by atoms with van der Waals surface area (Å²) in [5.41, 5.74) is 7.48. The van der Waals surface area contributed by atoms with Crippen LogP contribution in [-0.2, 0) is 0 Å². The van der Waals surface area contributed by atoms with Crippen LogP contribution in [0.5, 0.6) is 5.75 Å². The number of benzene rings is 2. The van der Waals surface area contributed by atoms with Crippen LogP contribution in [0.1, 0.15) is 0 Å². The molecular weight excluding hydrogens is 402 g/mol. The van der Waals surface area contributed by atoms with E-state index in [0.717, 1.165) is 0 Å². The number of anilines is 3. The SMILES string of the molecule is COc1ccccc1NC(=O)Nc1c(Br)cc(N)cc1Br. The highest BCUT2D eigenvalue weighted by Crippen LogP contribution is 2.33. The maximum Gasteiger partial charge on any atom is 0.323 e. The van der Waals surface area contributed by atoms with Crippen molar-refractivity contribution >= 4 is 55.0 Å². The van der Waals surface area contributed by atoms with Crippen molar-refractivity contribution in [1.82, 2.24) is 0 Å². The molecule has 2 rings (SSSR count). The lowest BCUT2D eigenvalue weighted by Crippen LogP contribution is -2.20. The summed E-state index contributed by atoms with van der Waals surface area (Å²) in [5, 5.41) is 5.48. The van der Waals surface area contributed by atoms with Crippen molar-refractivity contribution in [1.29, 1.82) is 0 Å². The molecule has 21 heavy (non-hydrogen) atoms. The van der Waals surface area contributed by atoms with E-state index in [1.165, 1.54) is 0 Å². The molecule has 0 saturated heterocycles. The number of hydrogen-bond acceptors (Lipinski definition) is 3. The van der Waals surface area contributed by atoms with Gasteiger partial charge in [0.15, 0.2) is 0 Å². The normalized spacial score (nSPS) is 10.0. The zero-order valence-electron chi connectivity index (χ0n) is 11.1. The fraction of sp³-hybridized carbons (Fsp3) is 0.0714. The zero-order chi connectivity index (χ0) is 15.4. The van der Waals surface area contributed by atoms with Gasteiger partial charge in [0.2, 0.25) is 0 Å². The van der Waals surface area contributed by atoms with Crippen LogP contribution >= 0.6 is 31.9 Å². The van der Waals surface area contributed by atoms with Gasteiger partial charge >= 0.3 is 6.03 Å². The maximum atomic E-state index is 12.1. The summed E-state index contributed by atoms with van der Waals surface area (Å²) >= 11 is 6.73. The number of ether oxygens (including phenoxy) is 1. The van der Waals surface area contributed by atoms with Crippen molar-refractivity contribution < 1.29 is 9.53 Å². The van der Waals surface area contributed by atoms with E-state index < -0.39 is 0 Å². The van der Waals surface area contributed by atoms with Gasteiger partial charge in [-0.2, -0.15) is 0 Å². The Morgan fingerprint density at radius 3 is 2.38 bits per heavy atom. The lowest BCUT2D eigenvalue weighted by molar-refractivity contribution is 0.262. The summed E-state index contributed by atoms with van der Waals surface area (Å²) in [6, 6.07) is 10.2. The first-order chi connectivity index (χ1) is 10.0. The largest absolute Gasteiger partial charge is 0.495 e. The lowest BCUT2D eigenvalue weighted by atomic mass is 10.3. The van der Waals surface area contributed by atoms with Crippen LogP contribution in [0.15, 0.2) is 45.3 Å². The van der Waals surface area contributed by atoms with E-state index in [2.05, 4.69) is 42.5 Å². The number of urea groups is 1. The predicted octanol–water partition coefficient (Wildman–Crippen LogP) is 4.45. The van der Waals surface area contributed by atoms with Gasteiger partial charge in [0.25, 0.3) is 0 Å². The minimum absolute atomic E-state index is 0.384. The van der Waals surface area contributed by atoms with Gasteiger partial charge in [-0.3, -0.25) is 0 Å². The first-order valence-electron chi connectivity index (χ1n) is 5.97. The van der Waals surface area contributed by atoms with Gasteiger partial charge in [-0.15, -0.1) is 0 Å². The fourth-order valence-corrected chi connectivity index (χ4v) is 3.15. The molecule has 2 amide bonds. The molecule has 0 radical (unpaired) electrons. The van der Waals surface area contributed by atoms with Crippen LogP contribution < -0.4 is 21.1 Å². The van der Waals surface area contributed by atoms with Gasteiger partial charge in [0.05, 0.1) is 18.5 Å². The molecule has 7 heteroatoms. The van der Waals surface area contributed by atoms with Crippen molar-refractivity contribution in [3.05, 3.63) is 45.3 Å². The number of carbonyl (C=O) groups is 1. The molecule has 0 bridgehead atoms. The van der Waals surface area contributed by atoms with E-state index in [1.807, 2.05) is 12.1 Å². The summed E-state index contributed by atoms with van der Waals surface area (Å²) in [4.78, 5) is 12.1. The van der Waals surface area contributed by atoms with Crippen molar-refractivity contribution in [3.8, 4) is 5.75 Å². The molecule has 0 aliphatic carbocycles. The quantitative estimate of drug-likeness (QED) is 0.649. The van der Waals surface area contributed by atoms with E-state index in [9.17, 15) is 4.79 Å². The van der Waals surface area contributed by atoms with Crippen molar-refractivity contribution in [2.75, 3.05) is 23.5 Å². The van der Waals surface area contributed by atoms with Crippen LogP contribution in [0, 0.1) is 0 Å². The number of nitrogen functional groups attached to an aromatic ring is 1. The van der Waals surface area contributed by atoms with E-state index in [-0.39, 0.29) is 6.03 Å². The molecule has 0 heterocycles. The smallest absolute Gasteiger partial charge is 0.323 e. The number of nitrogens with two attached hydrogens (primary N) is 1. The second kappa shape index (κ2) is 6.82. The monoisotopic (exact) mass is 413 g/mol. The first kappa shape index (κ1) is 15.7. The molecule has 0 aliphatic rings. The highest BCUT2D eigenvalue weighted by Gasteiger charge is 2.12. The van der Waals surface area contributed by atoms with Crippen molar-refractivity contribution in [2.24, 2.45) is 0 Å². The van der Waals surface area contributed by atoms with Gasteiger partial charge in [0, 0.05) is 14.6 Å². The van der Waals surface area contributed by atoms with E-state index >= 15 is 0 Å². The number of amides is 2. The van der Waals surface area contributed by atoms with Crippen molar-refractivity contribution in [3.63, 3.8) is 0 Å². The molecule has 110 valence electrons. The molecule has 0 unspecified atom stereocenters. The Bertz CT molecular complexity index is 654. The van der Waals surface area contributed by atoms with E-state index in [1.54, 1.807) is 31.4 Å². The Hall–Kier alpha value is -1.73. The third kappa shape index (κ3) is 3.89. The number of methoxy groups -OCH3 is 1. The number of halogens is 2. The predicted molar refractivity (Wildman–Crippen MR) is 91.9 cm³/mol. The molecule has 0 aromatic heterocycles. The lowest BCUT2D eigenvalue weighted by Gasteiger charge is -2.13. The molecule has 0 saturated carbocycles. The summed E-state index contributed by atoms with van der Waals surface area (Å²) in [6.45, 7) is 0. The molecular formula is C14H13Br2N3O2. The molecule has 2 aromatic carbocycles. The number of nitrogens with one attached hydrogen (secondary N) is 2. The summed E-state index contributed by atoms with van der Waals surface area (Å²) in [6.07, 6.45) is 0. The highest BCUT2D eigenvalue weighted by atomic mass is 79.9. The van der Waals surface area contributed by atoms with Gasteiger partial charge in [-0.1, -0.05) is 12.1 Å². The minimum Gasteiger partial charge on any atom is -0.495 e. The summed E-state index contributed by atoms with van der Waals surface area (Å²) in [5.74, 6) is 0.586. The van der Waals surface area contributed by atoms with Crippen LogP contribution in [0.4, 0.5) is 21.9 Å². The second-order valence-electron chi connectivity index (χ2n) is 4.14. The molecule has 0 atom stereocenters. The summed E-state index contributed by atoms with van der Waals surface area (Å²) in [7, 11) is 1.55. The Morgan fingerprint density at radius 1 is 1.14 bits per heavy atom. The number of rotatable bonds is 3. The van der Waals surface area contributed by atoms with Crippen LogP contribution in [-0.4, -0.2) is 13.1 Å². The number of hydrogen-bond donors (Lipinski definition) is 3. The highest BCUT2D eigenvalue weighted by molar-refractivity contribution is 9.11. The maximum absolute atomic E-state index is 12.1. The average molecular weight is 415 g/mol. The first-order valence-corrected chi connectivity index (χ1v) is 7.55. The summed E-state index contributed by atoms with van der Waals surface area (Å²) < 4.78 is 6.55. The molecule has 5 nitrogen and oxygen atoms in total. The fourth-order valence-electron chi connectivity index (χ4n) is 1.73. The van der Waals surface area contributed by atoms with Gasteiger partial charge in [-0.25, -0.2) is 4.79 Å². The van der Waals surface area contributed by atoms with E-state index in [0.29, 0.717) is 31.8 Å². The average Bonchev–Trinajstić information content (AvgIpc) is 2.43. The van der Waals surface area contributed by atoms with Gasteiger partial charge in [0.1, 0.15) is 5.75 Å². The van der Waals surface area contributed by atoms with Crippen molar-refractivity contribution in [2.45, 2.75) is 0 Å². The van der Waals surface area contributed by atoms with Crippen LogP contribution in [0.25, 0.3) is 0 Å². The van der Waals surface area contributed by atoms with Crippen LogP contribution in [0.3, 0.4) is 0 Å². The Balaban J connectivity index is 2.16. The Labute approximate surface area is 139 Å². The molecule has 0 fully saturated rings. The topological polar surface area (TPSA) is 76.4 Å². The standard InChI is InChI=1S/C14H13Br2N3O2/c1-21-12-5-3-2-4-11(12)18-14(20)19-13-9(15)6-8(17)7-10(13)16/h2-7H,17H2,1H3,(H2,18,19,20). The minimum atomic E-state index is -0.384. The van der Waals surface area contributed by atoms with Gasteiger partial charge in [-0.05, 0) is 56.1 Å². The molecule has 0 aliphatic heterocycles. The van der Waals surface area contributed by atoms with Gasteiger partial charge < -0.3 is 21.1 Å². The molecule has 2 aromatic rings. The second-order valence-corrected chi connectivity index (χ2v) is 5.85. The Morgan fingerprint density at radius 2 is 1.76 bits per heavy atom.